The number of likely N-dealkylation sites (tertiary alicyclic amines) is 1. The Morgan fingerprint density at radius 2 is 2.11 bits per heavy atom. The van der Waals surface area contributed by atoms with Gasteiger partial charge in [0.2, 0.25) is 5.91 Å². The first-order chi connectivity index (χ1) is 12.8. The molecule has 1 saturated heterocycles. The van der Waals surface area contributed by atoms with E-state index in [-0.39, 0.29) is 18.9 Å². The van der Waals surface area contributed by atoms with E-state index in [0.717, 1.165) is 0 Å². The largest absolute Gasteiger partial charge is 0.340 e. The topological polar surface area (TPSA) is 80.1 Å². The van der Waals surface area contributed by atoms with Crippen molar-refractivity contribution in [3.63, 3.8) is 0 Å². The number of hydrogen-bond donors (Lipinski definition) is 1. The quantitative estimate of drug-likeness (QED) is 0.881. The van der Waals surface area contributed by atoms with Crippen LogP contribution < -0.4 is 5.32 Å². The molecule has 2 aromatic rings. The van der Waals surface area contributed by atoms with Crippen molar-refractivity contribution in [2.45, 2.75) is 31.7 Å². The third-order valence-corrected chi connectivity index (χ3v) is 5.34. The Labute approximate surface area is 154 Å². The molecule has 9 heteroatoms. The zero-order valence-corrected chi connectivity index (χ0v) is 14.7. The maximum absolute atomic E-state index is 13.5. The predicted molar refractivity (Wildman–Crippen MR) is 91.5 cm³/mol. The fraction of sp³-hybridized carbons (Fsp3) is 0.444. The van der Waals surface area contributed by atoms with Crippen molar-refractivity contribution < 1.29 is 18.4 Å². The Hall–Kier alpha value is -2.84. The molecule has 1 aliphatic carbocycles. The van der Waals surface area contributed by atoms with Crippen molar-refractivity contribution in [3.8, 4) is 5.82 Å². The summed E-state index contributed by atoms with van der Waals surface area (Å²) >= 11 is 0. The van der Waals surface area contributed by atoms with Gasteiger partial charge in [0.25, 0.3) is 11.8 Å². The number of carbonyl (C=O) groups excluding carboxylic acids is 2. The van der Waals surface area contributed by atoms with E-state index in [1.165, 1.54) is 11.1 Å². The summed E-state index contributed by atoms with van der Waals surface area (Å²) in [7, 11) is 0. The SMILES string of the molecule is CC(NC(=O)c1ccc(-n2cccn2)nc1)C(=O)N1CCC2(C1)CC2(F)F. The summed E-state index contributed by atoms with van der Waals surface area (Å²) in [4.78, 5) is 30.4. The van der Waals surface area contributed by atoms with Crippen LogP contribution in [0.2, 0.25) is 0 Å². The molecule has 27 heavy (non-hydrogen) atoms. The molecule has 0 radical (unpaired) electrons. The van der Waals surface area contributed by atoms with Gasteiger partial charge in [0.1, 0.15) is 6.04 Å². The second-order valence-corrected chi connectivity index (χ2v) is 7.22. The van der Waals surface area contributed by atoms with E-state index in [0.29, 0.717) is 24.3 Å². The molecule has 3 heterocycles. The molecule has 2 aromatic heterocycles. The summed E-state index contributed by atoms with van der Waals surface area (Å²) in [6.07, 6.45) is 4.91. The van der Waals surface area contributed by atoms with Gasteiger partial charge in [0, 0.05) is 38.1 Å². The summed E-state index contributed by atoms with van der Waals surface area (Å²) in [5.74, 6) is -2.89. The van der Waals surface area contributed by atoms with Crippen molar-refractivity contribution in [3.05, 3.63) is 42.4 Å². The Morgan fingerprint density at radius 3 is 2.67 bits per heavy atom. The van der Waals surface area contributed by atoms with E-state index in [2.05, 4.69) is 15.4 Å². The molecular formula is C18H19F2N5O2. The molecule has 142 valence electrons. The molecule has 0 bridgehead atoms. The maximum Gasteiger partial charge on any atom is 0.256 e. The molecule has 0 aromatic carbocycles. The Morgan fingerprint density at radius 1 is 1.33 bits per heavy atom. The molecule has 2 unspecified atom stereocenters. The van der Waals surface area contributed by atoms with Crippen LogP contribution in [-0.2, 0) is 4.79 Å². The molecule has 4 rings (SSSR count). The fourth-order valence-corrected chi connectivity index (χ4v) is 3.56. The number of alkyl halides is 2. The van der Waals surface area contributed by atoms with Crippen LogP contribution in [-0.4, -0.2) is 56.5 Å². The highest BCUT2D eigenvalue weighted by molar-refractivity contribution is 5.97. The minimum atomic E-state index is -2.67. The third-order valence-electron chi connectivity index (χ3n) is 5.34. The van der Waals surface area contributed by atoms with E-state index in [1.807, 2.05) is 0 Å². The molecule has 2 fully saturated rings. The fourth-order valence-electron chi connectivity index (χ4n) is 3.56. The number of halogens is 2. The molecule has 2 aliphatic rings. The highest BCUT2D eigenvalue weighted by Gasteiger charge is 2.73. The minimum Gasteiger partial charge on any atom is -0.340 e. The van der Waals surface area contributed by atoms with E-state index in [4.69, 9.17) is 0 Å². The second-order valence-electron chi connectivity index (χ2n) is 7.22. The monoisotopic (exact) mass is 375 g/mol. The zero-order valence-electron chi connectivity index (χ0n) is 14.7. The number of pyridine rings is 1. The number of rotatable bonds is 4. The van der Waals surface area contributed by atoms with E-state index in [1.54, 1.807) is 42.2 Å². The lowest BCUT2D eigenvalue weighted by atomic mass is 10.1. The molecule has 1 saturated carbocycles. The number of hydrogen-bond acceptors (Lipinski definition) is 4. The van der Waals surface area contributed by atoms with Crippen LogP contribution in [0.1, 0.15) is 30.1 Å². The highest BCUT2D eigenvalue weighted by atomic mass is 19.3. The summed E-state index contributed by atoms with van der Waals surface area (Å²) < 4.78 is 28.5. The Kier molecular flexibility index (Phi) is 3.97. The van der Waals surface area contributed by atoms with Gasteiger partial charge >= 0.3 is 0 Å². The van der Waals surface area contributed by atoms with Crippen molar-refractivity contribution in [1.29, 1.82) is 0 Å². The van der Waals surface area contributed by atoms with Crippen LogP contribution in [0.4, 0.5) is 8.78 Å². The maximum atomic E-state index is 13.5. The molecular weight excluding hydrogens is 356 g/mol. The standard InChI is InChI=1S/C18H19F2N5O2/c1-12(16(27)24-8-5-17(11-24)10-18(17,19)20)23-15(26)13-3-4-14(21-9-13)25-7-2-6-22-25/h2-4,6-7,9,12H,5,8,10-11H2,1H3,(H,23,26). The average molecular weight is 375 g/mol. The number of aromatic nitrogens is 3. The minimum absolute atomic E-state index is 0.0547. The van der Waals surface area contributed by atoms with Crippen molar-refractivity contribution >= 4 is 11.8 Å². The van der Waals surface area contributed by atoms with Gasteiger partial charge in [0.15, 0.2) is 5.82 Å². The van der Waals surface area contributed by atoms with Crippen molar-refractivity contribution in [1.82, 2.24) is 25.0 Å². The van der Waals surface area contributed by atoms with Crippen LogP contribution >= 0.6 is 0 Å². The smallest absolute Gasteiger partial charge is 0.256 e. The van der Waals surface area contributed by atoms with E-state index >= 15 is 0 Å². The zero-order chi connectivity index (χ0) is 19.2. The number of nitrogens with one attached hydrogen (secondary N) is 1. The first-order valence-electron chi connectivity index (χ1n) is 8.75. The van der Waals surface area contributed by atoms with Crippen molar-refractivity contribution in [2.24, 2.45) is 5.41 Å². The van der Waals surface area contributed by atoms with Gasteiger partial charge in [-0.1, -0.05) is 0 Å². The van der Waals surface area contributed by atoms with E-state index < -0.39 is 23.3 Å². The first-order valence-corrected chi connectivity index (χ1v) is 8.75. The molecule has 1 N–H and O–H groups in total. The summed E-state index contributed by atoms with van der Waals surface area (Å²) in [5.41, 5.74) is -0.740. The van der Waals surface area contributed by atoms with Gasteiger partial charge in [-0.2, -0.15) is 5.10 Å². The van der Waals surface area contributed by atoms with Crippen LogP contribution in [0.5, 0.6) is 0 Å². The van der Waals surface area contributed by atoms with Crippen LogP contribution in [0, 0.1) is 5.41 Å². The summed E-state index contributed by atoms with van der Waals surface area (Å²) in [6, 6.07) is 4.20. The predicted octanol–water partition coefficient (Wildman–Crippen LogP) is 1.64. The third kappa shape index (κ3) is 3.07. The summed E-state index contributed by atoms with van der Waals surface area (Å²) in [6.45, 7) is 1.91. The van der Waals surface area contributed by atoms with Gasteiger partial charge in [-0.3, -0.25) is 9.59 Å². The molecule has 2 atom stereocenters. The molecule has 7 nitrogen and oxygen atoms in total. The van der Waals surface area contributed by atoms with Crippen molar-refractivity contribution in [2.75, 3.05) is 13.1 Å². The van der Waals surface area contributed by atoms with Crippen LogP contribution in [0.25, 0.3) is 5.82 Å². The van der Waals surface area contributed by atoms with Gasteiger partial charge in [-0.15, -0.1) is 0 Å². The lowest BCUT2D eigenvalue weighted by Crippen LogP contribution is -2.46. The first kappa shape index (κ1) is 17.6. The lowest BCUT2D eigenvalue weighted by Gasteiger charge is -2.22. The highest BCUT2D eigenvalue weighted by Crippen LogP contribution is 2.65. The molecule has 1 aliphatic heterocycles. The number of amides is 2. The number of nitrogens with zero attached hydrogens (tertiary/aromatic N) is 4. The Bertz CT molecular complexity index is 868. The van der Waals surface area contributed by atoms with Gasteiger partial charge in [-0.25, -0.2) is 18.4 Å². The lowest BCUT2D eigenvalue weighted by molar-refractivity contribution is -0.132. The second kappa shape index (κ2) is 6.11. The van der Waals surface area contributed by atoms with Crippen LogP contribution in [0.3, 0.4) is 0 Å². The van der Waals surface area contributed by atoms with Gasteiger partial charge in [-0.05, 0) is 31.5 Å². The number of carbonyl (C=O) groups is 2. The molecule has 2 amide bonds. The van der Waals surface area contributed by atoms with Gasteiger partial charge in [0.05, 0.1) is 11.0 Å². The molecule has 1 spiro atoms. The normalized spacial score (nSPS) is 24.0. The summed E-state index contributed by atoms with van der Waals surface area (Å²) in [5, 5.41) is 6.67. The average Bonchev–Trinajstić information content (AvgIpc) is 3.10. The Balaban J connectivity index is 1.36. The van der Waals surface area contributed by atoms with Crippen LogP contribution in [0.15, 0.2) is 36.8 Å². The van der Waals surface area contributed by atoms with E-state index in [9.17, 15) is 18.4 Å². The van der Waals surface area contributed by atoms with Gasteiger partial charge < -0.3 is 10.2 Å².